The summed E-state index contributed by atoms with van der Waals surface area (Å²) in [5.74, 6) is -0.363. The number of aromatic nitrogens is 1. The van der Waals surface area contributed by atoms with Crippen LogP contribution >= 0.6 is 11.3 Å². The number of thiazole rings is 1. The van der Waals surface area contributed by atoms with E-state index in [9.17, 15) is 9.59 Å². The van der Waals surface area contributed by atoms with E-state index in [1.165, 1.54) is 17.4 Å². The molecule has 3 aromatic rings. The average Bonchev–Trinajstić information content (AvgIpc) is 3.26. The fraction of sp³-hybridized carbons (Fsp3) is 0.261. The molecule has 0 saturated heterocycles. The van der Waals surface area contributed by atoms with E-state index in [1.54, 1.807) is 0 Å². The van der Waals surface area contributed by atoms with E-state index in [-0.39, 0.29) is 17.9 Å². The second kappa shape index (κ2) is 8.93. The van der Waals surface area contributed by atoms with Crippen LogP contribution in [0.1, 0.15) is 35.5 Å². The van der Waals surface area contributed by atoms with Crippen LogP contribution in [0, 0.1) is 0 Å². The van der Waals surface area contributed by atoms with Gasteiger partial charge in [0.1, 0.15) is 0 Å². The van der Waals surface area contributed by atoms with E-state index in [4.69, 9.17) is 0 Å². The largest absolute Gasteiger partial charge is 0.347 e. The number of nitrogens with one attached hydrogen (secondary N) is 2. The molecule has 0 bridgehead atoms. The standard InChI is InChI=1S/C23H22N3O2SSi/c1-2-21(27)25-19-5-3-4-14-6-7-15(12-18(14)19)20-13-29-23(26-20)22(28)24-16-8-10-17(30)11-9-16/h2-7,12-13,16-17H,1,8-11H2,(H,24,28)(H,25,27). The smallest absolute Gasteiger partial charge is 0.280 e. The van der Waals surface area contributed by atoms with Crippen LogP contribution in [0.4, 0.5) is 5.69 Å². The van der Waals surface area contributed by atoms with Crippen LogP contribution in [-0.2, 0) is 4.79 Å². The molecule has 1 aliphatic rings. The van der Waals surface area contributed by atoms with Crippen molar-refractivity contribution >= 4 is 49.9 Å². The molecule has 3 radical (unpaired) electrons. The molecule has 1 saturated carbocycles. The molecule has 1 fully saturated rings. The van der Waals surface area contributed by atoms with Gasteiger partial charge in [-0.15, -0.1) is 11.3 Å². The molecule has 2 amide bonds. The first-order valence-electron chi connectivity index (χ1n) is 9.97. The molecule has 4 rings (SSSR count). The number of carbonyl (C=O) groups excluding carboxylic acids is 2. The maximum Gasteiger partial charge on any atom is 0.280 e. The number of amides is 2. The number of rotatable bonds is 5. The molecule has 0 atom stereocenters. The van der Waals surface area contributed by atoms with Gasteiger partial charge >= 0.3 is 0 Å². The Morgan fingerprint density at radius 2 is 1.97 bits per heavy atom. The molecule has 1 aromatic heterocycles. The fourth-order valence-corrected chi connectivity index (χ4v) is 4.78. The van der Waals surface area contributed by atoms with Crippen molar-refractivity contribution in [3.05, 3.63) is 59.4 Å². The Morgan fingerprint density at radius 3 is 2.73 bits per heavy atom. The van der Waals surface area contributed by atoms with Gasteiger partial charge in [0.2, 0.25) is 5.91 Å². The molecular weight excluding hydrogens is 410 g/mol. The topological polar surface area (TPSA) is 71.1 Å². The van der Waals surface area contributed by atoms with Crippen molar-refractivity contribution in [2.24, 2.45) is 0 Å². The van der Waals surface area contributed by atoms with Gasteiger partial charge in [0, 0.05) is 38.3 Å². The zero-order chi connectivity index (χ0) is 21.1. The van der Waals surface area contributed by atoms with Crippen molar-refractivity contribution < 1.29 is 9.59 Å². The Hall–Kier alpha value is -2.77. The summed E-state index contributed by atoms with van der Waals surface area (Å²) in [6.45, 7) is 3.51. The summed E-state index contributed by atoms with van der Waals surface area (Å²) in [5, 5.41) is 10.3. The highest BCUT2D eigenvalue weighted by Gasteiger charge is 2.22. The first kappa shape index (κ1) is 20.5. The predicted molar refractivity (Wildman–Crippen MR) is 123 cm³/mol. The number of fused-ring (bicyclic) bond motifs is 1. The van der Waals surface area contributed by atoms with Crippen molar-refractivity contribution in [1.82, 2.24) is 10.3 Å². The lowest BCUT2D eigenvalue weighted by molar-refractivity contribution is -0.111. The lowest BCUT2D eigenvalue weighted by Crippen LogP contribution is -2.36. The minimum Gasteiger partial charge on any atom is -0.347 e. The van der Waals surface area contributed by atoms with Gasteiger partial charge in [-0.1, -0.05) is 49.2 Å². The number of nitrogens with zero attached hydrogens (tertiary/aromatic N) is 1. The molecule has 2 N–H and O–H groups in total. The highest BCUT2D eigenvalue weighted by atomic mass is 32.1. The minimum absolute atomic E-state index is 0.108. The third kappa shape index (κ3) is 4.52. The van der Waals surface area contributed by atoms with E-state index in [0.29, 0.717) is 10.5 Å². The normalized spacial score (nSPS) is 18.7. The Bertz CT molecular complexity index is 1100. The van der Waals surface area contributed by atoms with Gasteiger partial charge in [-0.25, -0.2) is 4.98 Å². The van der Waals surface area contributed by atoms with Crippen LogP contribution in [0.15, 0.2) is 54.4 Å². The molecule has 7 heteroatoms. The summed E-state index contributed by atoms with van der Waals surface area (Å²) in [6.07, 6.45) is 5.38. The zero-order valence-electron chi connectivity index (χ0n) is 16.5. The van der Waals surface area contributed by atoms with Crippen molar-refractivity contribution in [3.63, 3.8) is 0 Å². The van der Waals surface area contributed by atoms with Crippen LogP contribution in [0.25, 0.3) is 22.0 Å². The second-order valence-electron chi connectivity index (χ2n) is 7.49. The quantitative estimate of drug-likeness (QED) is 0.453. The Morgan fingerprint density at radius 1 is 1.17 bits per heavy atom. The summed E-state index contributed by atoms with van der Waals surface area (Å²) < 4.78 is 0. The number of benzene rings is 2. The third-order valence-corrected chi connectivity index (χ3v) is 6.80. The van der Waals surface area contributed by atoms with Gasteiger partial charge in [0.15, 0.2) is 5.01 Å². The Balaban J connectivity index is 1.55. The van der Waals surface area contributed by atoms with Crippen LogP contribution in [0.3, 0.4) is 0 Å². The van der Waals surface area contributed by atoms with Gasteiger partial charge in [-0.2, -0.15) is 0 Å². The monoisotopic (exact) mass is 432 g/mol. The van der Waals surface area contributed by atoms with E-state index in [0.717, 1.165) is 53.4 Å². The lowest BCUT2D eigenvalue weighted by Gasteiger charge is -2.26. The predicted octanol–water partition coefficient (Wildman–Crippen LogP) is 4.72. The molecular formula is C23H22N3O2SSi. The average molecular weight is 433 g/mol. The Labute approximate surface area is 183 Å². The summed E-state index contributed by atoms with van der Waals surface area (Å²) in [6, 6.07) is 11.9. The van der Waals surface area contributed by atoms with E-state index in [2.05, 4.69) is 32.4 Å². The van der Waals surface area contributed by atoms with Crippen molar-refractivity contribution in [3.8, 4) is 11.3 Å². The first-order chi connectivity index (χ1) is 14.5. The van der Waals surface area contributed by atoms with Crippen molar-refractivity contribution in [1.29, 1.82) is 0 Å². The van der Waals surface area contributed by atoms with Crippen LogP contribution in [0.2, 0.25) is 5.54 Å². The molecule has 30 heavy (non-hydrogen) atoms. The van der Waals surface area contributed by atoms with Crippen molar-refractivity contribution in [2.75, 3.05) is 5.32 Å². The molecule has 0 spiro atoms. The number of hydrogen-bond acceptors (Lipinski definition) is 4. The van der Waals surface area contributed by atoms with Crippen LogP contribution in [-0.4, -0.2) is 33.1 Å². The van der Waals surface area contributed by atoms with Gasteiger partial charge in [0.05, 0.1) is 5.69 Å². The summed E-state index contributed by atoms with van der Waals surface area (Å²) in [4.78, 5) is 28.9. The maximum atomic E-state index is 12.6. The zero-order valence-corrected chi connectivity index (χ0v) is 18.3. The summed E-state index contributed by atoms with van der Waals surface area (Å²) in [7, 11) is 3.70. The number of hydrogen-bond donors (Lipinski definition) is 2. The van der Waals surface area contributed by atoms with Gasteiger partial charge in [0.25, 0.3) is 5.91 Å². The van der Waals surface area contributed by atoms with Gasteiger partial charge in [-0.3, -0.25) is 9.59 Å². The number of anilines is 1. The maximum absolute atomic E-state index is 12.6. The lowest BCUT2D eigenvalue weighted by atomic mass is 9.95. The van der Waals surface area contributed by atoms with Crippen LogP contribution in [0.5, 0.6) is 0 Å². The molecule has 151 valence electrons. The molecule has 2 aromatic carbocycles. The minimum atomic E-state index is -0.255. The molecule has 1 aliphatic carbocycles. The van der Waals surface area contributed by atoms with E-state index >= 15 is 0 Å². The second-order valence-corrected chi connectivity index (χ2v) is 9.17. The molecule has 5 nitrogen and oxygen atoms in total. The summed E-state index contributed by atoms with van der Waals surface area (Å²) >= 11 is 1.35. The van der Waals surface area contributed by atoms with Gasteiger partial charge in [-0.05, 0) is 36.4 Å². The SMILES string of the molecule is C=CC(=O)Nc1cccc2ccc(-c3csc(C(=O)NC4CCC([Si])CC4)n3)cc12. The van der Waals surface area contributed by atoms with Crippen molar-refractivity contribution in [2.45, 2.75) is 37.3 Å². The highest BCUT2D eigenvalue weighted by molar-refractivity contribution is 7.12. The number of carbonyl (C=O) groups is 2. The van der Waals surface area contributed by atoms with E-state index < -0.39 is 0 Å². The van der Waals surface area contributed by atoms with Gasteiger partial charge < -0.3 is 10.6 Å². The molecule has 0 unspecified atom stereocenters. The van der Waals surface area contributed by atoms with Crippen LogP contribution < -0.4 is 10.6 Å². The highest BCUT2D eigenvalue weighted by Crippen LogP contribution is 2.30. The van der Waals surface area contributed by atoms with E-state index in [1.807, 2.05) is 41.8 Å². The third-order valence-electron chi connectivity index (χ3n) is 5.38. The molecule has 0 aliphatic heterocycles. The fourth-order valence-electron chi connectivity index (χ4n) is 3.72. The summed E-state index contributed by atoms with van der Waals surface area (Å²) in [5.41, 5.74) is 2.92. The molecule has 1 heterocycles. The Kier molecular flexibility index (Phi) is 6.10. The first-order valence-corrected chi connectivity index (χ1v) is 11.4.